The van der Waals surface area contributed by atoms with Crippen LogP contribution in [-0.4, -0.2) is 13.4 Å². The van der Waals surface area contributed by atoms with Crippen LogP contribution in [0, 0.1) is 0 Å². The number of rotatable bonds is 3. The summed E-state index contributed by atoms with van der Waals surface area (Å²) in [7, 11) is -3.55. The zero-order valence-electron chi connectivity index (χ0n) is 7.30. The van der Waals surface area contributed by atoms with Crippen LogP contribution in [0.25, 0.3) is 0 Å². The van der Waals surface area contributed by atoms with E-state index in [2.05, 4.69) is 0 Å². The molecule has 4 nitrogen and oxygen atoms in total. The van der Waals surface area contributed by atoms with Crippen molar-refractivity contribution in [2.45, 2.75) is 5.75 Å². The summed E-state index contributed by atoms with van der Waals surface area (Å²) in [6.07, 6.45) is 0. The standard InChI is InChI=1S/C8H10N2O2S2/c9-8(13)7-4-2-1-3-6(7)5-14(10,11)12/h1-4H,5H2,(H2,9,13)(H2,10,11,12). The number of sulfonamides is 1. The van der Waals surface area contributed by atoms with Crippen LogP contribution < -0.4 is 10.9 Å². The first-order chi connectivity index (χ1) is 6.40. The van der Waals surface area contributed by atoms with Crippen LogP contribution >= 0.6 is 12.2 Å². The number of primary sulfonamides is 1. The maximum absolute atomic E-state index is 10.9. The van der Waals surface area contributed by atoms with Gasteiger partial charge >= 0.3 is 0 Å². The number of hydrogen-bond acceptors (Lipinski definition) is 3. The lowest BCUT2D eigenvalue weighted by molar-refractivity contribution is 0.597. The van der Waals surface area contributed by atoms with E-state index < -0.39 is 10.0 Å². The summed E-state index contributed by atoms with van der Waals surface area (Å²) in [5.74, 6) is -0.249. The van der Waals surface area contributed by atoms with Gasteiger partial charge in [-0.15, -0.1) is 0 Å². The summed E-state index contributed by atoms with van der Waals surface area (Å²) in [6, 6.07) is 6.76. The minimum atomic E-state index is -3.55. The Kier molecular flexibility index (Phi) is 3.20. The molecule has 0 saturated carbocycles. The maximum Gasteiger partial charge on any atom is 0.213 e. The van der Waals surface area contributed by atoms with Gasteiger partial charge in [0.25, 0.3) is 0 Å². The third-order valence-electron chi connectivity index (χ3n) is 1.64. The molecule has 0 heterocycles. The summed E-state index contributed by atoms with van der Waals surface area (Å²) in [6.45, 7) is 0. The predicted molar refractivity (Wildman–Crippen MR) is 59.1 cm³/mol. The van der Waals surface area contributed by atoms with Crippen LogP contribution in [0.15, 0.2) is 24.3 Å². The van der Waals surface area contributed by atoms with Crippen molar-refractivity contribution < 1.29 is 8.42 Å². The van der Waals surface area contributed by atoms with Crippen LogP contribution in [0.3, 0.4) is 0 Å². The molecule has 14 heavy (non-hydrogen) atoms. The van der Waals surface area contributed by atoms with E-state index in [0.717, 1.165) is 0 Å². The molecule has 0 spiro atoms. The van der Waals surface area contributed by atoms with Crippen molar-refractivity contribution in [2.75, 3.05) is 0 Å². The molecule has 1 rings (SSSR count). The molecule has 1 aromatic rings. The number of thiocarbonyl (C=S) groups is 1. The van der Waals surface area contributed by atoms with Gasteiger partial charge in [0, 0.05) is 5.56 Å². The fourth-order valence-corrected chi connectivity index (χ4v) is 1.99. The molecular formula is C8H10N2O2S2. The van der Waals surface area contributed by atoms with E-state index >= 15 is 0 Å². The normalized spacial score (nSPS) is 11.2. The molecule has 6 heteroatoms. The zero-order valence-corrected chi connectivity index (χ0v) is 8.94. The molecule has 0 saturated heterocycles. The highest BCUT2D eigenvalue weighted by Gasteiger charge is 2.10. The second-order valence-corrected chi connectivity index (χ2v) is 4.88. The Hall–Kier alpha value is -0.980. The number of nitrogens with two attached hydrogens (primary N) is 2. The lowest BCUT2D eigenvalue weighted by Crippen LogP contribution is -2.18. The Morgan fingerprint density at radius 2 is 1.93 bits per heavy atom. The Balaban J connectivity index is 3.15. The molecule has 0 radical (unpaired) electrons. The van der Waals surface area contributed by atoms with Crippen molar-refractivity contribution in [3.05, 3.63) is 35.4 Å². The van der Waals surface area contributed by atoms with Gasteiger partial charge in [-0.05, 0) is 5.56 Å². The van der Waals surface area contributed by atoms with Gasteiger partial charge in [0.15, 0.2) is 0 Å². The lowest BCUT2D eigenvalue weighted by atomic mass is 10.1. The van der Waals surface area contributed by atoms with Gasteiger partial charge in [-0.25, -0.2) is 13.6 Å². The van der Waals surface area contributed by atoms with E-state index in [9.17, 15) is 8.42 Å². The summed E-state index contributed by atoms with van der Waals surface area (Å²) in [5, 5.41) is 4.92. The summed E-state index contributed by atoms with van der Waals surface area (Å²) in [5.41, 5.74) is 6.51. The Bertz CT molecular complexity index is 454. The lowest BCUT2D eigenvalue weighted by Gasteiger charge is -2.05. The van der Waals surface area contributed by atoms with Gasteiger partial charge < -0.3 is 5.73 Å². The molecule has 0 aliphatic heterocycles. The first-order valence-corrected chi connectivity index (χ1v) is 5.91. The first-order valence-electron chi connectivity index (χ1n) is 3.78. The second-order valence-electron chi connectivity index (χ2n) is 2.83. The molecule has 4 N–H and O–H groups in total. The van der Waals surface area contributed by atoms with E-state index in [1.54, 1.807) is 24.3 Å². The largest absolute Gasteiger partial charge is 0.389 e. The van der Waals surface area contributed by atoms with Gasteiger partial charge in [-0.2, -0.15) is 0 Å². The Morgan fingerprint density at radius 3 is 2.43 bits per heavy atom. The molecule has 0 unspecified atom stereocenters. The molecule has 0 fully saturated rings. The van der Waals surface area contributed by atoms with Gasteiger partial charge in [-0.3, -0.25) is 0 Å². The molecule has 0 aliphatic rings. The summed E-state index contributed by atoms with van der Waals surface area (Å²) in [4.78, 5) is 0.171. The van der Waals surface area contributed by atoms with E-state index in [0.29, 0.717) is 11.1 Å². The molecular weight excluding hydrogens is 220 g/mol. The van der Waals surface area contributed by atoms with Crippen molar-refractivity contribution in [1.29, 1.82) is 0 Å². The van der Waals surface area contributed by atoms with Gasteiger partial charge in [-0.1, -0.05) is 36.5 Å². The van der Waals surface area contributed by atoms with Crippen molar-refractivity contribution in [2.24, 2.45) is 10.9 Å². The Labute approximate surface area is 88.0 Å². The minimum absolute atomic E-state index is 0.171. The highest BCUT2D eigenvalue weighted by molar-refractivity contribution is 7.88. The molecule has 76 valence electrons. The molecule has 0 aromatic heterocycles. The van der Waals surface area contributed by atoms with Crippen molar-refractivity contribution in [3.8, 4) is 0 Å². The molecule has 0 bridgehead atoms. The van der Waals surface area contributed by atoms with Crippen molar-refractivity contribution in [1.82, 2.24) is 0 Å². The van der Waals surface area contributed by atoms with Crippen molar-refractivity contribution in [3.63, 3.8) is 0 Å². The predicted octanol–water partition coefficient (Wildman–Crippen LogP) is 0.109. The highest BCUT2D eigenvalue weighted by atomic mass is 32.2. The van der Waals surface area contributed by atoms with Crippen LogP contribution in [-0.2, 0) is 15.8 Å². The molecule has 0 atom stereocenters. The van der Waals surface area contributed by atoms with Crippen molar-refractivity contribution >= 4 is 27.2 Å². The van der Waals surface area contributed by atoms with Gasteiger partial charge in [0.05, 0.1) is 5.75 Å². The zero-order chi connectivity index (χ0) is 10.8. The van der Waals surface area contributed by atoms with E-state index in [4.69, 9.17) is 23.1 Å². The van der Waals surface area contributed by atoms with Gasteiger partial charge in [0.1, 0.15) is 4.99 Å². The van der Waals surface area contributed by atoms with Crippen LogP contribution in [0.4, 0.5) is 0 Å². The quantitative estimate of drug-likeness (QED) is 0.722. The highest BCUT2D eigenvalue weighted by Crippen LogP contribution is 2.10. The smallest absolute Gasteiger partial charge is 0.213 e. The number of hydrogen-bond donors (Lipinski definition) is 2. The SMILES string of the molecule is NC(=S)c1ccccc1CS(N)(=O)=O. The summed E-state index contributed by atoms with van der Waals surface area (Å²) < 4.78 is 21.7. The van der Waals surface area contributed by atoms with E-state index in [1.807, 2.05) is 0 Å². The topological polar surface area (TPSA) is 86.2 Å². The summed E-state index contributed by atoms with van der Waals surface area (Å²) >= 11 is 4.78. The molecule has 0 aliphatic carbocycles. The average molecular weight is 230 g/mol. The maximum atomic E-state index is 10.9. The molecule has 0 amide bonds. The monoisotopic (exact) mass is 230 g/mol. The fourth-order valence-electron chi connectivity index (χ4n) is 1.10. The average Bonchev–Trinajstić information content (AvgIpc) is 2.01. The Morgan fingerprint density at radius 1 is 1.36 bits per heavy atom. The van der Waals surface area contributed by atoms with Crippen LogP contribution in [0.1, 0.15) is 11.1 Å². The van der Waals surface area contributed by atoms with Gasteiger partial charge in [0.2, 0.25) is 10.0 Å². The van der Waals surface area contributed by atoms with E-state index in [-0.39, 0.29) is 10.7 Å². The van der Waals surface area contributed by atoms with E-state index in [1.165, 1.54) is 0 Å². The minimum Gasteiger partial charge on any atom is -0.389 e. The third kappa shape index (κ3) is 3.06. The first kappa shape index (κ1) is 11.1. The molecule has 1 aromatic carbocycles. The third-order valence-corrected chi connectivity index (χ3v) is 2.57. The van der Waals surface area contributed by atoms with Crippen LogP contribution in [0.2, 0.25) is 0 Å². The number of benzene rings is 1. The fraction of sp³-hybridized carbons (Fsp3) is 0.125. The second kappa shape index (κ2) is 4.04. The van der Waals surface area contributed by atoms with Crippen LogP contribution in [0.5, 0.6) is 0 Å².